The Labute approximate surface area is 203 Å². The molecule has 0 saturated carbocycles. The molecular weight excluding hydrogens is 438 g/mol. The van der Waals surface area contributed by atoms with E-state index in [4.69, 9.17) is 0 Å². The van der Waals surface area contributed by atoms with Crippen LogP contribution in [0.5, 0.6) is 0 Å². The van der Waals surface area contributed by atoms with E-state index in [1.54, 1.807) is 0 Å². The SMILES string of the molecule is C[C@@H](O)[C@H]1C(=O)N(CC(=O)NCCCCCCCCCCC(=O)N2CCNCC2)CC(=O)N1C. The van der Waals surface area contributed by atoms with E-state index in [1.807, 2.05) is 4.90 Å². The Morgan fingerprint density at radius 3 is 2.24 bits per heavy atom. The van der Waals surface area contributed by atoms with Crippen molar-refractivity contribution < 1.29 is 24.3 Å². The van der Waals surface area contributed by atoms with E-state index in [-0.39, 0.29) is 30.8 Å². The fourth-order valence-electron chi connectivity index (χ4n) is 4.52. The summed E-state index contributed by atoms with van der Waals surface area (Å²) in [6, 6.07) is -0.943. The van der Waals surface area contributed by atoms with Gasteiger partial charge >= 0.3 is 0 Å². The van der Waals surface area contributed by atoms with E-state index in [2.05, 4.69) is 10.6 Å². The largest absolute Gasteiger partial charge is 0.391 e. The Balaban J connectivity index is 1.45. The highest BCUT2D eigenvalue weighted by Crippen LogP contribution is 2.14. The Kier molecular flexibility index (Phi) is 12.3. The number of hydrogen-bond acceptors (Lipinski definition) is 6. The minimum Gasteiger partial charge on any atom is -0.391 e. The second-order valence-corrected chi connectivity index (χ2v) is 9.44. The standard InChI is InChI=1S/C24H43N5O5/c1-19(30)23-24(34)29(18-22(33)27(23)2)17-20(31)26-12-10-8-6-4-3-5-7-9-11-21(32)28-15-13-25-14-16-28/h19,23,25,30H,3-18H2,1-2H3,(H,26,31)/t19-,23+/m1/s1. The summed E-state index contributed by atoms with van der Waals surface area (Å²) in [7, 11) is 1.49. The number of aliphatic hydroxyl groups is 1. The molecule has 2 rings (SSSR count). The lowest BCUT2D eigenvalue weighted by atomic mass is 10.1. The molecule has 2 aliphatic heterocycles. The van der Waals surface area contributed by atoms with Gasteiger partial charge < -0.3 is 30.4 Å². The van der Waals surface area contributed by atoms with Crippen LogP contribution in [0, 0.1) is 0 Å². The van der Waals surface area contributed by atoms with Crippen LogP contribution in [0.1, 0.15) is 64.7 Å². The zero-order valence-electron chi connectivity index (χ0n) is 20.9. The molecule has 2 atom stereocenters. The summed E-state index contributed by atoms with van der Waals surface area (Å²) < 4.78 is 0. The van der Waals surface area contributed by atoms with Crippen LogP contribution >= 0.6 is 0 Å². The van der Waals surface area contributed by atoms with Gasteiger partial charge in [0, 0.05) is 46.2 Å². The topological polar surface area (TPSA) is 122 Å². The molecular formula is C24H43N5O5. The van der Waals surface area contributed by atoms with Crippen LogP contribution in [0.25, 0.3) is 0 Å². The van der Waals surface area contributed by atoms with Gasteiger partial charge in [-0.15, -0.1) is 0 Å². The summed E-state index contributed by atoms with van der Waals surface area (Å²) in [5, 5.41) is 15.9. The van der Waals surface area contributed by atoms with Crippen LogP contribution in [-0.2, 0) is 19.2 Å². The third-order valence-electron chi connectivity index (χ3n) is 6.60. The molecule has 0 aromatic carbocycles. The van der Waals surface area contributed by atoms with E-state index < -0.39 is 18.1 Å². The summed E-state index contributed by atoms with van der Waals surface area (Å²) in [5.74, 6) is -0.690. The molecule has 0 aromatic rings. The number of piperazine rings is 2. The summed E-state index contributed by atoms with van der Waals surface area (Å²) in [6.07, 6.45) is 8.20. The second-order valence-electron chi connectivity index (χ2n) is 9.44. The van der Waals surface area contributed by atoms with Crippen molar-refractivity contribution in [3.63, 3.8) is 0 Å². The van der Waals surface area contributed by atoms with E-state index in [0.717, 1.165) is 77.5 Å². The Hall–Kier alpha value is -2.20. The van der Waals surface area contributed by atoms with Gasteiger partial charge in [-0.1, -0.05) is 38.5 Å². The molecule has 3 N–H and O–H groups in total. The molecule has 0 aliphatic carbocycles. The number of unbranched alkanes of at least 4 members (excludes halogenated alkanes) is 7. The van der Waals surface area contributed by atoms with Crippen LogP contribution in [-0.4, -0.2) is 108 Å². The van der Waals surface area contributed by atoms with Gasteiger partial charge in [-0.05, 0) is 19.8 Å². The van der Waals surface area contributed by atoms with Crippen molar-refractivity contribution >= 4 is 23.6 Å². The summed E-state index contributed by atoms with van der Waals surface area (Å²) >= 11 is 0. The van der Waals surface area contributed by atoms with E-state index >= 15 is 0 Å². The average molecular weight is 482 g/mol. The van der Waals surface area contributed by atoms with Gasteiger partial charge in [0.1, 0.15) is 19.1 Å². The predicted molar refractivity (Wildman–Crippen MR) is 129 cm³/mol. The highest BCUT2D eigenvalue weighted by atomic mass is 16.3. The quantitative estimate of drug-likeness (QED) is 0.303. The number of nitrogens with one attached hydrogen (secondary N) is 2. The first kappa shape index (κ1) is 28.0. The van der Waals surface area contributed by atoms with E-state index in [1.165, 1.54) is 23.8 Å². The van der Waals surface area contributed by atoms with Gasteiger partial charge in [-0.2, -0.15) is 0 Å². The lowest BCUT2D eigenvalue weighted by Gasteiger charge is -2.39. The monoisotopic (exact) mass is 481 g/mol. The van der Waals surface area contributed by atoms with E-state index in [9.17, 15) is 24.3 Å². The number of carbonyl (C=O) groups excluding carboxylic acids is 4. The number of rotatable bonds is 14. The first-order chi connectivity index (χ1) is 16.3. The van der Waals surface area contributed by atoms with Crippen LogP contribution in [0.4, 0.5) is 0 Å². The van der Waals surface area contributed by atoms with Gasteiger partial charge in [-0.25, -0.2) is 0 Å². The maximum Gasteiger partial charge on any atom is 0.248 e. The molecule has 4 amide bonds. The number of nitrogens with zero attached hydrogens (tertiary/aromatic N) is 3. The van der Waals surface area contributed by atoms with Crippen molar-refractivity contribution in [3.05, 3.63) is 0 Å². The molecule has 2 fully saturated rings. The van der Waals surface area contributed by atoms with Crippen molar-refractivity contribution in [1.29, 1.82) is 0 Å². The van der Waals surface area contributed by atoms with Crippen LogP contribution in [0.2, 0.25) is 0 Å². The minimum absolute atomic E-state index is 0.143. The molecule has 0 aromatic heterocycles. The van der Waals surface area contributed by atoms with Gasteiger partial charge in [-0.3, -0.25) is 19.2 Å². The molecule has 0 spiro atoms. The number of hydrogen-bond donors (Lipinski definition) is 3. The smallest absolute Gasteiger partial charge is 0.248 e. The minimum atomic E-state index is -0.993. The zero-order valence-corrected chi connectivity index (χ0v) is 20.9. The third-order valence-corrected chi connectivity index (χ3v) is 6.60. The van der Waals surface area contributed by atoms with Crippen molar-refractivity contribution in [3.8, 4) is 0 Å². The lowest BCUT2D eigenvalue weighted by molar-refractivity contribution is -0.159. The molecule has 2 heterocycles. The number of amides is 4. The summed E-state index contributed by atoms with van der Waals surface area (Å²) in [5.41, 5.74) is 0. The van der Waals surface area contributed by atoms with Gasteiger partial charge in [0.25, 0.3) is 0 Å². The Morgan fingerprint density at radius 1 is 1.03 bits per heavy atom. The zero-order chi connectivity index (χ0) is 24.9. The molecule has 2 aliphatic rings. The van der Waals surface area contributed by atoms with Crippen LogP contribution in [0.3, 0.4) is 0 Å². The second kappa shape index (κ2) is 14.9. The molecule has 10 nitrogen and oxygen atoms in total. The molecule has 10 heteroatoms. The van der Waals surface area contributed by atoms with Crippen LogP contribution in [0.15, 0.2) is 0 Å². The number of likely N-dealkylation sites (N-methyl/N-ethyl adjacent to an activating group) is 1. The molecule has 34 heavy (non-hydrogen) atoms. The maximum absolute atomic E-state index is 12.5. The first-order valence-electron chi connectivity index (χ1n) is 12.8. The molecule has 0 unspecified atom stereocenters. The molecule has 0 bridgehead atoms. The summed E-state index contributed by atoms with van der Waals surface area (Å²) in [6.45, 7) is 5.16. The van der Waals surface area contributed by atoms with E-state index in [0.29, 0.717) is 13.0 Å². The molecule has 2 saturated heterocycles. The highest BCUT2D eigenvalue weighted by molar-refractivity contribution is 5.97. The fraction of sp³-hybridized carbons (Fsp3) is 0.833. The van der Waals surface area contributed by atoms with Gasteiger partial charge in [0.05, 0.1) is 6.10 Å². The lowest BCUT2D eigenvalue weighted by Crippen LogP contribution is -2.63. The first-order valence-corrected chi connectivity index (χ1v) is 12.8. The van der Waals surface area contributed by atoms with Crippen molar-refractivity contribution in [1.82, 2.24) is 25.3 Å². The molecule has 0 radical (unpaired) electrons. The number of aliphatic hydroxyl groups excluding tert-OH is 1. The van der Waals surface area contributed by atoms with Gasteiger partial charge in [0.15, 0.2) is 0 Å². The van der Waals surface area contributed by atoms with Crippen molar-refractivity contribution in [2.45, 2.75) is 76.9 Å². The Morgan fingerprint density at radius 2 is 1.62 bits per heavy atom. The maximum atomic E-state index is 12.5. The molecule has 194 valence electrons. The van der Waals surface area contributed by atoms with Crippen molar-refractivity contribution in [2.24, 2.45) is 0 Å². The predicted octanol–water partition coefficient (Wildman–Crippen LogP) is 0.0953. The third kappa shape index (κ3) is 9.21. The van der Waals surface area contributed by atoms with Gasteiger partial charge in [0.2, 0.25) is 23.6 Å². The number of carbonyl (C=O) groups is 4. The average Bonchev–Trinajstić information content (AvgIpc) is 2.81. The van der Waals surface area contributed by atoms with Crippen molar-refractivity contribution in [2.75, 3.05) is 52.9 Å². The van der Waals surface area contributed by atoms with Crippen LogP contribution < -0.4 is 10.6 Å². The Bertz CT molecular complexity index is 681. The fourth-order valence-corrected chi connectivity index (χ4v) is 4.52. The normalized spacial score (nSPS) is 20.0. The highest BCUT2D eigenvalue weighted by Gasteiger charge is 2.40. The summed E-state index contributed by atoms with van der Waals surface area (Å²) in [4.78, 5) is 53.2.